The summed E-state index contributed by atoms with van der Waals surface area (Å²) in [5.41, 5.74) is 3.13. The Morgan fingerprint density at radius 2 is 1.80 bits per heavy atom. The minimum Gasteiger partial charge on any atom is -0.273 e. The number of hydrogen-bond acceptors (Lipinski definition) is 4. The van der Waals surface area contributed by atoms with Crippen molar-refractivity contribution >= 4 is 17.8 Å². The van der Waals surface area contributed by atoms with Crippen LogP contribution in [0.3, 0.4) is 0 Å². The van der Waals surface area contributed by atoms with Gasteiger partial charge in [-0.2, -0.15) is 5.10 Å². The number of amides is 1. The van der Waals surface area contributed by atoms with E-state index in [1.54, 1.807) is 18.2 Å². The van der Waals surface area contributed by atoms with E-state index in [9.17, 15) is 14.9 Å². The van der Waals surface area contributed by atoms with Crippen molar-refractivity contribution in [2.24, 2.45) is 28.3 Å². The fourth-order valence-corrected chi connectivity index (χ4v) is 5.82. The zero-order chi connectivity index (χ0) is 17.4. The van der Waals surface area contributed by atoms with Crippen LogP contribution in [-0.4, -0.2) is 17.0 Å². The lowest BCUT2D eigenvalue weighted by atomic mass is 9.49. The van der Waals surface area contributed by atoms with E-state index in [-0.39, 0.29) is 17.0 Å². The highest BCUT2D eigenvalue weighted by atomic mass is 16.6. The molecule has 4 bridgehead atoms. The molecule has 1 N–H and O–H groups in total. The predicted molar refractivity (Wildman–Crippen MR) is 94.1 cm³/mol. The van der Waals surface area contributed by atoms with E-state index in [2.05, 4.69) is 10.5 Å². The maximum atomic E-state index is 12.4. The molecule has 1 amide bonds. The Morgan fingerprint density at radius 3 is 2.40 bits per heavy atom. The van der Waals surface area contributed by atoms with E-state index < -0.39 is 4.92 Å². The number of hydrazone groups is 1. The van der Waals surface area contributed by atoms with Gasteiger partial charge in [0.25, 0.3) is 5.69 Å². The quantitative estimate of drug-likeness (QED) is 0.504. The summed E-state index contributed by atoms with van der Waals surface area (Å²) >= 11 is 0. The Labute approximate surface area is 146 Å². The van der Waals surface area contributed by atoms with Crippen molar-refractivity contribution in [1.82, 2.24) is 5.43 Å². The van der Waals surface area contributed by atoms with Crippen LogP contribution in [0, 0.1) is 33.3 Å². The molecular formula is C19H23N3O3. The summed E-state index contributed by atoms with van der Waals surface area (Å²) in [7, 11) is 0. The molecule has 1 aromatic carbocycles. The molecule has 0 saturated heterocycles. The lowest BCUT2D eigenvalue weighted by molar-refractivity contribution is -0.385. The molecule has 4 saturated carbocycles. The predicted octanol–water partition coefficient (Wildman–Crippen LogP) is 3.65. The van der Waals surface area contributed by atoms with Crippen LogP contribution >= 0.6 is 0 Å². The average Bonchev–Trinajstić information content (AvgIpc) is 2.53. The van der Waals surface area contributed by atoms with E-state index in [4.69, 9.17) is 0 Å². The number of nitrogens with zero attached hydrogens (tertiary/aromatic N) is 2. The van der Waals surface area contributed by atoms with Crippen LogP contribution in [-0.2, 0) is 4.79 Å². The summed E-state index contributed by atoms with van der Waals surface area (Å²) in [4.78, 5) is 22.9. The number of nitro benzene ring substituents is 1. The SMILES string of the molecule is O=C(CC12CC3CC(CC(C3)C1)C2)N/N=C/c1ccccc1[N+](=O)[O-]. The second kappa shape index (κ2) is 6.24. The van der Waals surface area contributed by atoms with Gasteiger partial charge in [-0.05, 0) is 67.8 Å². The molecule has 4 aliphatic carbocycles. The van der Waals surface area contributed by atoms with E-state index in [1.165, 1.54) is 50.8 Å². The molecule has 0 aliphatic heterocycles. The summed E-state index contributed by atoms with van der Waals surface area (Å²) in [6.07, 6.45) is 9.51. The number of benzene rings is 1. The van der Waals surface area contributed by atoms with Crippen LogP contribution in [0.25, 0.3) is 0 Å². The summed E-state index contributed by atoms with van der Waals surface area (Å²) in [5, 5.41) is 14.9. The molecule has 0 atom stereocenters. The van der Waals surface area contributed by atoms with Crippen molar-refractivity contribution in [3.05, 3.63) is 39.9 Å². The lowest BCUT2D eigenvalue weighted by Gasteiger charge is -2.56. The van der Waals surface area contributed by atoms with Crippen LogP contribution in [0.2, 0.25) is 0 Å². The molecule has 132 valence electrons. The van der Waals surface area contributed by atoms with E-state index in [0.29, 0.717) is 12.0 Å². The number of nitro groups is 1. The van der Waals surface area contributed by atoms with Gasteiger partial charge in [0.15, 0.2) is 0 Å². The highest BCUT2D eigenvalue weighted by Crippen LogP contribution is 2.61. The van der Waals surface area contributed by atoms with Gasteiger partial charge >= 0.3 is 0 Å². The Hall–Kier alpha value is -2.24. The van der Waals surface area contributed by atoms with Gasteiger partial charge in [-0.25, -0.2) is 5.43 Å². The fourth-order valence-electron chi connectivity index (χ4n) is 5.82. The maximum absolute atomic E-state index is 12.4. The highest BCUT2D eigenvalue weighted by molar-refractivity contribution is 5.86. The standard InChI is InChI=1S/C19H23N3O3/c23-18(21-20-12-16-3-1-2-4-17(16)22(24)25)11-19-8-13-5-14(9-19)7-15(6-13)10-19/h1-4,12-15H,5-11H2,(H,21,23)/b20-12+. The fraction of sp³-hybridized carbons (Fsp3) is 0.579. The zero-order valence-corrected chi connectivity index (χ0v) is 14.2. The molecular weight excluding hydrogens is 318 g/mol. The molecule has 0 heterocycles. The van der Waals surface area contributed by atoms with Gasteiger partial charge in [0.05, 0.1) is 16.7 Å². The zero-order valence-electron chi connectivity index (χ0n) is 14.2. The molecule has 0 unspecified atom stereocenters. The minimum absolute atomic E-state index is 0.0124. The van der Waals surface area contributed by atoms with Gasteiger partial charge in [0, 0.05) is 12.5 Å². The van der Waals surface area contributed by atoms with E-state index in [1.807, 2.05) is 0 Å². The molecule has 6 nitrogen and oxygen atoms in total. The summed E-state index contributed by atoms with van der Waals surface area (Å²) in [6.45, 7) is 0. The molecule has 0 radical (unpaired) electrons. The van der Waals surface area contributed by atoms with E-state index in [0.717, 1.165) is 17.8 Å². The van der Waals surface area contributed by atoms with Gasteiger partial charge in [-0.3, -0.25) is 14.9 Å². The topological polar surface area (TPSA) is 84.6 Å². The number of carbonyl (C=O) groups excluding carboxylic acids is 1. The molecule has 1 aromatic rings. The summed E-state index contributed by atoms with van der Waals surface area (Å²) < 4.78 is 0. The third kappa shape index (κ3) is 3.30. The molecule has 4 fully saturated rings. The van der Waals surface area contributed by atoms with Crippen molar-refractivity contribution in [3.8, 4) is 0 Å². The van der Waals surface area contributed by atoms with Crippen LogP contribution in [0.4, 0.5) is 5.69 Å². The highest BCUT2D eigenvalue weighted by Gasteiger charge is 2.51. The first-order chi connectivity index (χ1) is 12.0. The molecule has 25 heavy (non-hydrogen) atoms. The molecule has 0 aromatic heterocycles. The second-order valence-electron chi connectivity index (χ2n) is 8.20. The third-order valence-electron chi connectivity index (χ3n) is 6.23. The Morgan fingerprint density at radius 1 is 1.20 bits per heavy atom. The van der Waals surface area contributed by atoms with Gasteiger partial charge < -0.3 is 0 Å². The van der Waals surface area contributed by atoms with Crippen LogP contribution in [0.1, 0.15) is 50.5 Å². The van der Waals surface area contributed by atoms with Gasteiger partial charge in [-0.1, -0.05) is 12.1 Å². The van der Waals surface area contributed by atoms with Crippen LogP contribution in [0.5, 0.6) is 0 Å². The van der Waals surface area contributed by atoms with Crippen molar-refractivity contribution < 1.29 is 9.72 Å². The maximum Gasteiger partial charge on any atom is 0.278 e. The number of carbonyl (C=O) groups is 1. The number of rotatable bonds is 5. The molecule has 4 aliphatic rings. The minimum atomic E-state index is -0.446. The van der Waals surface area contributed by atoms with Crippen molar-refractivity contribution in [2.45, 2.75) is 44.9 Å². The molecule has 6 heteroatoms. The Balaban J connectivity index is 1.38. The third-order valence-corrected chi connectivity index (χ3v) is 6.23. The largest absolute Gasteiger partial charge is 0.278 e. The van der Waals surface area contributed by atoms with Crippen molar-refractivity contribution in [3.63, 3.8) is 0 Å². The van der Waals surface area contributed by atoms with Crippen LogP contribution in [0.15, 0.2) is 29.4 Å². The lowest BCUT2D eigenvalue weighted by Crippen LogP contribution is -2.47. The number of hydrogen-bond donors (Lipinski definition) is 1. The molecule has 5 rings (SSSR count). The first-order valence-electron chi connectivity index (χ1n) is 9.08. The van der Waals surface area contributed by atoms with E-state index >= 15 is 0 Å². The Kier molecular flexibility index (Phi) is 4.06. The number of para-hydroxylation sites is 1. The summed E-state index contributed by atoms with van der Waals surface area (Å²) in [5.74, 6) is 2.37. The molecule has 0 spiro atoms. The van der Waals surface area contributed by atoms with Gasteiger partial charge in [-0.15, -0.1) is 0 Å². The Bertz CT molecular complexity index is 693. The normalized spacial score (nSPS) is 32.9. The van der Waals surface area contributed by atoms with Crippen LogP contribution < -0.4 is 5.43 Å². The monoisotopic (exact) mass is 341 g/mol. The second-order valence-corrected chi connectivity index (χ2v) is 8.20. The smallest absolute Gasteiger partial charge is 0.273 e. The first kappa shape index (κ1) is 16.2. The van der Waals surface area contributed by atoms with Crippen molar-refractivity contribution in [1.29, 1.82) is 0 Å². The van der Waals surface area contributed by atoms with Crippen molar-refractivity contribution in [2.75, 3.05) is 0 Å². The number of nitrogens with one attached hydrogen (secondary N) is 1. The van der Waals surface area contributed by atoms with Gasteiger partial charge in [0.1, 0.15) is 0 Å². The first-order valence-corrected chi connectivity index (χ1v) is 9.08. The summed E-state index contributed by atoms with van der Waals surface area (Å²) in [6, 6.07) is 6.37. The average molecular weight is 341 g/mol. The van der Waals surface area contributed by atoms with Gasteiger partial charge in [0.2, 0.25) is 5.91 Å².